The molecular weight excluding hydrogens is 585 g/mol. The van der Waals surface area contributed by atoms with Crippen molar-refractivity contribution >= 4 is 40.8 Å². The van der Waals surface area contributed by atoms with Crippen LogP contribution in [0.2, 0.25) is 5.02 Å². The molecule has 43 heavy (non-hydrogen) atoms. The number of carbonyl (C=O) groups is 3. The molecule has 13 heteroatoms. The second-order valence-corrected chi connectivity index (χ2v) is 10.7. The molecule has 3 amide bonds. The van der Waals surface area contributed by atoms with Crippen LogP contribution in [0.3, 0.4) is 0 Å². The fourth-order valence-corrected chi connectivity index (χ4v) is 5.54. The molecule has 1 saturated carbocycles. The summed E-state index contributed by atoms with van der Waals surface area (Å²) in [5.41, 5.74) is -0.0717. The number of halogens is 4. The second kappa shape index (κ2) is 11.7. The molecule has 0 radical (unpaired) electrons. The largest absolute Gasteiger partial charge is 0.351 e. The van der Waals surface area contributed by atoms with Crippen molar-refractivity contribution in [2.24, 2.45) is 0 Å². The molecule has 2 aliphatic rings. The maximum absolute atomic E-state index is 14.8. The highest BCUT2D eigenvalue weighted by molar-refractivity contribution is 6.31. The third-order valence-electron chi connectivity index (χ3n) is 7.29. The first-order valence-corrected chi connectivity index (χ1v) is 13.5. The van der Waals surface area contributed by atoms with Crippen LogP contribution in [-0.2, 0) is 14.4 Å². The van der Waals surface area contributed by atoms with E-state index in [1.807, 2.05) is 12.1 Å². The van der Waals surface area contributed by atoms with Crippen LogP contribution < -0.4 is 15.1 Å². The molecule has 1 unspecified atom stereocenters. The van der Waals surface area contributed by atoms with Crippen LogP contribution in [0.5, 0.6) is 0 Å². The Morgan fingerprint density at radius 2 is 1.81 bits per heavy atom. The molecule has 218 valence electrons. The number of nitrogens with one attached hydrogen (secondary N) is 1. The van der Waals surface area contributed by atoms with Gasteiger partial charge in [-0.1, -0.05) is 29.8 Å². The number of amides is 3. The Labute approximate surface area is 249 Å². The van der Waals surface area contributed by atoms with Gasteiger partial charge in [0.15, 0.2) is 0 Å². The van der Waals surface area contributed by atoms with Crippen LogP contribution in [0, 0.1) is 28.5 Å². The lowest BCUT2D eigenvalue weighted by Gasteiger charge is -2.39. The van der Waals surface area contributed by atoms with E-state index < -0.39 is 60.4 Å². The van der Waals surface area contributed by atoms with Crippen LogP contribution >= 0.6 is 11.6 Å². The number of aromatic nitrogens is 1. The van der Waals surface area contributed by atoms with Gasteiger partial charge in [0.1, 0.15) is 23.7 Å². The lowest BCUT2D eigenvalue weighted by molar-refractivity contribution is -0.133. The molecule has 2 aromatic carbocycles. The van der Waals surface area contributed by atoms with E-state index in [9.17, 15) is 38.1 Å². The molecule has 9 nitrogen and oxygen atoms in total. The third kappa shape index (κ3) is 6.01. The average Bonchev–Trinajstić information content (AvgIpc) is 3.35. The zero-order chi connectivity index (χ0) is 30.9. The Hall–Kier alpha value is -4.94. The molecule has 1 aliphatic heterocycles. The Bertz CT molecular complexity index is 1700. The first-order chi connectivity index (χ1) is 20.5. The zero-order valence-electron chi connectivity index (χ0n) is 22.3. The minimum atomic E-state index is -2.95. The quantitative estimate of drug-likeness (QED) is 0.411. The van der Waals surface area contributed by atoms with E-state index >= 15 is 0 Å². The fraction of sp³-hybridized carbons (Fsp3) is 0.267. The van der Waals surface area contributed by atoms with Gasteiger partial charge < -0.3 is 5.32 Å². The van der Waals surface area contributed by atoms with E-state index in [-0.39, 0.29) is 46.1 Å². The summed E-state index contributed by atoms with van der Waals surface area (Å²) in [7, 11) is 0. The molecular formula is C30H22ClF3N6O3. The highest BCUT2D eigenvalue weighted by Crippen LogP contribution is 2.40. The Morgan fingerprint density at radius 3 is 2.49 bits per heavy atom. The molecule has 5 rings (SSSR count). The predicted molar refractivity (Wildman–Crippen MR) is 148 cm³/mol. The van der Waals surface area contributed by atoms with E-state index in [0.717, 1.165) is 21.9 Å². The number of pyridine rings is 1. The molecule has 0 bridgehead atoms. The number of hydrogen-bond acceptors (Lipinski definition) is 6. The van der Waals surface area contributed by atoms with Gasteiger partial charge in [-0.25, -0.2) is 18.2 Å². The molecule has 1 N–H and O–H groups in total. The van der Waals surface area contributed by atoms with Gasteiger partial charge in [0.05, 0.1) is 23.3 Å². The van der Waals surface area contributed by atoms with Crippen LogP contribution in [0.4, 0.5) is 24.7 Å². The van der Waals surface area contributed by atoms with E-state index in [1.165, 1.54) is 36.5 Å². The average molecular weight is 607 g/mol. The van der Waals surface area contributed by atoms with E-state index in [4.69, 9.17) is 11.6 Å². The van der Waals surface area contributed by atoms with Gasteiger partial charge >= 0.3 is 0 Å². The Morgan fingerprint density at radius 1 is 1.09 bits per heavy atom. The summed E-state index contributed by atoms with van der Waals surface area (Å²) in [5.74, 6) is -6.01. The predicted octanol–water partition coefficient (Wildman–Crippen LogP) is 4.80. The second-order valence-electron chi connectivity index (χ2n) is 10.2. The SMILES string of the molecule is N#Cc1cc(F)cc(N(C(=O)C2CCC(=O)N2c2cc(C#N)ccn2)[C@H](C(=O)NC2CC(F)(F)C2)c2ccccc2Cl)c1. The smallest absolute Gasteiger partial charge is 0.252 e. The number of rotatable bonds is 7. The van der Waals surface area contributed by atoms with Gasteiger partial charge in [-0.15, -0.1) is 0 Å². The van der Waals surface area contributed by atoms with E-state index in [1.54, 1.807) is 12.1 Å². The van der Waals surface area contributed by atoms with Gasteiger partial charge in [0, 0.05) is 47.8 Å². The number of benzene rings is 2. The minimum absolute atomic E-state index is 0.0151. The monoisotopic (exact) mass is 606 g/mol. The fourth-order valence-electron chi connectivity index (χ4n) is 5.30. The Kier molecular flexibility index (Phi) is 8.07. The zero-order valence-corrected chi connectivity index (χ0v) is 23.1. The third-order valence-corrected chi connectivity index (χ3v) is 7.63. The summed E-state index contributed by atoms with van der Waals surface area (Å²) in [6.07, 6.45) is 0.00564. The minimum Gasteiger partial charge on any atom is -0.351 e. The molecule has 2 fully saturated rings. The topological polar surface area (TPSA) is 130 Å². The number of nitriles is 2. The summed E-state index contributed by atoms with van der Waals surface area (Å²) < 4.78 is 42.1. The standard InChI is InChI=1S/C30H22ClF3N6O3/c31-23-4-2-1-3-22(23)27(28(42)38-20-13-30(33,34)14-20)39(21-10-18(16-36)9-19(32)12-21)29(43)24-5-6-26(41)40(24)25-11-17(15-35)7-8-37-25/h1-4,7-12,20,24,27H,5-6,13-14H2,(H,38,42)/t24?,27-/m0/s1. The number of anilines is 2. The number of alkyl halides is 2. The van der Waals surface area contributed by atoms with Crippen molar-refractivity contribution < 1.29 is 27.6 Å². The van der Waals surface area contributed by atoms with Crippen LogP contribution in [0.25, 0.3) is 0 Å². The molecule has 1 saturated heterocycles. The summed E-state index contributed by atoms with van der Waals surface area (Å²) in [6.45, 7) is 0. The Balaban J connectivity index is 1.65. The summed E-state index contributed by atoms with van der Waals surface area (Å²) in [6, 6.07) is 11.9. The van der Waals surface area contributed by atoms with Crippen LogP contribution in [0.15, 0.2) is 60.8 Å². The maximum atomic E-state index is 14.8. The summed E-state index contributed by atoms with van der Waals surface area (Å²) in [5, 5.41) is 21.5. The van der Waals surface area contributed by atoms with Gasteiger partial charge in [-0.2, -0.15) is 10.5 Å². The lowest BCUT2D eigenvalue weighted by Crippen LogP contribution is -2.56. The van der Waals surface area contributed by atoms with Crippen molar-refractivity contribution in [1.29, 1.82) is 10.5 Å². The molecule has 2 heterocycles. The van der Waals surface area contributed by atoms with Gasteiger partial charge in [-0.3, -0.25) is 24.2 Å². The number of carbonyl (C=O) groups excluding carboxylic acids is 3. The van der Waals surface area contributed by atoms with E-state index in [0.29, 0.717) is 0 Å². The first-order valence-electron chi connectivity index (χ1n) is 13.2. The van der Waals surface area contributed by atoms with Gasteiger partial charge in [0.2, 0.25) is 11.8 Å². The highest BCUT2D eigenvalue weighted by atomic mass is 35.5. The maximum Gasteiger partial charge on any atom is 0.252 e. The van der Waals surface area contributed by atoms with E-state index in [2.05, 4.69) is 10.3 Å². The van der Waals surface area contributed by atoms with Crippen molar-refractivity contribution in [1.82, 2.24) is 10.3 Å². The first kappa shape index (κ1) is 29.5. The van der Waals surface area contributed by atoms with Gasteiger partial charge in [0.25, 0.3) is 11.8 Å². The van der Waals surface area contributed by atoms with Crippen LogP contribution in [-0.4, -0.2) is 40.7 Å². The van der Waals surface area contributed by atoms with Crippen molar-refractivity contribution in [3.8, 4) is 12.1 Å². The van der Waals surface area contributed by atoms with Gasteiger partial charge in [-0.05, 0) is 42.8 Å². The highest BCUT2D eigenvalue weighted by Gasteiger charge is 2.48. The molecule has 3 aromatic rings. The molecule has 1 aliphatic carbocycles. The van der Waals surface area contributed by atoms with Crippen LogP contribution in [0.1, 0.15) is 48.4 Å². The normalized spacial score (nSPS) is 18.2. The summed E-state index contributed by atoms with van der Waals surface area (Å²) in [4.78, 5) is 47.7. The molecule has 2 atom stereocenters. The molecule has 1 aromatic heterocycles. The van der Waals surface area contributed by atoms with Crippen molar-refractivity contribution in [2.75, 3.05) is 9.80 Å². The number of nitrogens with zero attached hydrogens (tertiary/aromatic N) is 5. The van der Waals surface area contributed by atoms with Crippen molar-refractivity contribution in [2.45, 2.75) is 49.7 Å². The number of hydrogen-bond donors (Lipinski definition) is 1. The van der Waals surface area contributed by atoms with Crippen molar-refractivity contribution in [3.05, 3.63) is 88.3 Å². The molecule has 0 spiro atoms. The summed E-state index contributed by atoms with van der Waals surface area (Å²) >= 11 is 6.49. The lowest BCUT2D eigenvalue weighted by atomic mass is 9.87. The van der Waals surface area contributed by atoms with Crippen molar-refractivity contribution in [3.63, 3.8) is 0 Å².